The number of nitrogens with zero attached hydrogens (tertiary/aromatic N) is 1. The Balaban J connectivity index is 2.23. The molecular weight excluding hydrogens is 379 g/mol. The molecule has 0 radical (unpaired) electrons. The van der Waals surface area contributed by atoms with Crippen molar-refractivity contribution in [1.82, 2.24) is 10.2 Å². The van der Waals surface area contributed by atoms with Crippen molar-refractivity contribution in [2.75, 3.05) is 13.1 Å². The number of aliphatic carboxylic acids is 1. The van der Waals surface area contributed by atoms with E-state index in [1.807, 2.05) is 0 Å². The van der Waals surface area contributed by atoms with Crippen molar-refractivity contribution < 1.29 is 41.4 Å². The molecule has 1 aliphatic rings. The maximum Gasteiger partial charge on any atom is 0.413 e. The molecule has 0 bridgehead atoms. The van der Waals surface area contributed by atoms with Crippen LogP contribution in [0.5, 0.6) is 5.75 Å². The number of carbonyl (C=O) groups excluding carboxylic acids is 1. The third kappa shape index (κ3) is 5.44. The van der Waals surface area contributed by atoms with Crippen LogP contribution in [0.15, 0.2) is 24.3 Å². The van der Waals surface area contributed by atoms with Gasteiger partial charge >= 0.3 is 24.8 Å². The van der Waals surface area contributed by atoms with Gasteiger partial charge in [-0.25, -0.2) is 4.79 Å². The van der Waals surface area contributed by atoms with E-state index in [0.717, 1.165) is 17.0 Å². The van der Waals surface area contributed by atoms with Gasteiger partial charge in [0.2, 0.25) is 0 Å². The van der Waals surface area contributed by atoms with E-state index in [0.29, 0.717) is 12.8 Å². The summed E-state index contributed by atoms with van der Waals surface area (Å²) in [6, 6.07) is 0.554. The number of rotatable bonds is 5. The predicted octanol–water partition coefficient (Wildman–Crippen LogP) is 3.40. The number of hydrogen-bond donors (Lipinski definition) is 2. The summed E-state index contributed by atoms with van der Waals surface area (Å²) in [5.41, 5.74) is -0.676. The minimum absolute atomic E-state index is 0.0926. The van der Waals surface area contributed by atoms with Crippen molar-refractivity contribution in [3.05, 3.63) is 29.8 Å². The lowest BCUT2D eigenvalue weighted by Gasteiger charge is -2.33. The van der Waals surface area contributed by atoms with Gasteiger partial charge in [-0.2, -0.15) is 22.0 Å². The maximum absolute atomic E-state index is 13.5. The number of alkyl halides is 5. The van der Waals surface area contributed by atoms with Gasteiger partial charge in [0.15, 0.2) is 6.04 Å². The van der Waals surface area contributed by atoms with Crippen LogP contribution >= 0.6 is 0 Å². The van der Waals surface area contributed by atoms with E-state index in [9.17, 15) is 31.5 Å². The lowest BCUT2D eigenvalue weighted by molar-refractivity contribution is -0.157. The quantitative estimate of drug-likeness (QED) is 0.748. The SMILES string of the molecule is O=C(O)C1CCCN(C(=O)NC(c2ccccc2OC(F)F)C(F)(F)F)C1. The molecule has 1 aliphatic heterocycles. The van der Waals surface area contributed by atoms with Crippen molar-refractivity contribution in [2.45, 2.75) is 31.7 Å². The first-order valence-corrected chi connectivity index (χ1v) is 7.98. The zero-order chi connectivity index (χ0) is 20.2. The average Bonchev–Trinajstić information content (AvgIpc) is 2.59. The monoisotopic (exact) mass is 396 g/mol. The third-order valence-corrected chi connectivity index (χ3v) is 4.10. The normalized spacial score (nSPS) is 18.9. The topological polar surface area (TPSA) is 78.9 Å². The molecule has 27 heavy (non-hydrogen) atoms. The number of piperidine rings is 1. The highest BCUT2D eigenvalue weighted by atomic mass is 19.4. The first kappa shape index (κ1) is 20.7. The average molecular weight is 396 g/mol. The van der Waals surface area contributed by atoms with E-state index >= 15 is 0 Å². The summed E-state index contributed by atoms with van der Waals surface area (Å²) in [5.74, 6) is -2.73. The van der Waals surface area contributed by atoms with Gasteiger partial charge in [0, 0.05) is 18.7 Å². The van der Waals surface area contributed by atoms with E-state index in [1.165, 1.54) is 12.1 Å². The number of carbonyl (C=O) groups is 2. The van der Waals surface area contributed by atoms with Crippen LogP contribution in [-0.4, -0.2) is 47.9 Å². The van der Waals surface area contributed by atoms with Gasteiger partial charge in [0.25, 0.3) is 0 Å². The Kier molecular flexibility index (Phi) is 6.45. The molecule has 1 aromatic rings. The number of carboxylic acids is 1. The molecule has 2 unspecified atom stereocenters. The maximum atomic E-state index is 13.5. The Morgan fingerprint density at radius 1 is 1.26 bits per heavy atom. The summed E-state index contributed by atoms with van der Waals surface area (Å²) in [4.78, 5) is 24.3. The second kappa shape index (κ2) is 8.40. The second-order valence-electron chi connectivity index (χ2n) is 5.96. The van der Waals surface area contributed by atoms with Gasteiger partial charge < -0.3 is 20.1 Å². The van der Waals surface area contributed by atoms with Crippen molar-refractivity contribution >= 4 is 12.0 Å². The molecule has 1 saturated heterocycles. The first-order valence-electron chi connectivity index (χ1n) is 7.98. The van der Waals surface area contributed by atoms with Crippen LogP contribution in [0.2, 0.25) is 0 Å². The molecule has 6 nitrogen and oxygen atoms in total. The molecule has 11 heteroatoms. The van der Waals surface area contributed by atoms with Gasteiger partial charge in [0.1, 0.15) is 5.75 Å². The highest BCUT2D eigenvalue weighted by Gasteiger charge is 2.44. The Hall–Kier alpha value is -2.59. The number of amides is 2. The molecule has 150 valence electrons. The lowest BCUT2D eigenvalue weighted by atomic mass is 9.98. The van der Waals surface area contributed by atoms with Crippen molar-refractivity contribution in [3.63, 3.8) is 0 Å². The molecule has 0 saturated carbocycles. The number of hydrogen-bond acceptors (Lipinski definition) is 3. The summed E-state index contributed by atoms with van der Waals surface area (Å²) < 4.78 is 69.5. The Morgan fingerprint density at radius 3 is 2.52 bits per heavy atom. The molecule has 2 N–H and O–H groups in total. The number of likely N-dealkylation sites (tertiary alicyclic amines) is 1. The highest BCUT2D eigenvalue weighted by Crippen LogP contribution is 2.38. The van der Waals surface area contributed by atoms with Gasteiger partial charge in [0.05, 0.1) is 5.92 Å². The van der Waals surface area contributed by atoms with Crippen LogP contribution in [0.1, 0.15) is 24.4 Å². The van der Waals surface area contributed by atoms with Crippen molar-refractivity contribution in [2.24, 2.45) is 5.92 Å². The lowest BCUT2D eigenvalue weighted by Crippen LogP contribution is -2.50. The molecule has 1 aromatic carbocycles. The number of para-hydroxylation sites is 1. The fourth-order valence-electron chi connectivity index (χ4n) is 2.84. The molecule has 0 aliphatic carbocycles. The predicted molar refractivity (Wildman–Crippen MR) is 82.3 cm³/mol. The fraction of sp³-hybridized carbons (Fsp3) is 0.500. The van der Waals surface area contributed by atoms with Gasteiger partial charge in [-0.3, -0.25) is 4.79 Å². The van der Waals surface area contributed by atoms with E-state index in [4.69, 9.17) is 5.11 Å². The molecule has 0 aromatic heterocycles. The Morgan fingerprint density at radius 2 is 1.93 bits per heavy atom. The van der Waals surface area contributed by atoms with Crippen molar-refractivity contribution in [1.29, 1.82) is 0 Å². The van der Waals surface area contributed by atoms with Crippen molar-refractivity contribution in [3.8, 4) is 5.75 Å². The van der Waals surface area contributed by atoms with E-state index in [2.05, 4.69) is 4.74 Å². The minimum atomic E-state index is -4.99. The molecule has 1 fully saturated rings. The fourth-order valence-corrected chi connectivity index (χ4v) is 2.84. The summed E-state index contributed by atoms with van der Waals surface area (Å²) in [5, 5.41) is 10.8. The van der Waals surface area contributed by atoms with Gasteiger partial charge in [-0.15, -0.1) is 0 Å². The number of nitrogens with one attached hydrogen (secondary N) is 1. The molecule has 2 amide bonds. The third-order valence-electron chi connectivity index (χ3n) is 4.10. The van der Waals surface area contributed by atoms with E-state index in [1.54, 1.807) is 5.32 Å². The second-order valence-corrected chi connectivity index (χ2v) is 5.96. The van der Waals surface area contributed by atoms with E-state index < -0.39 is 48.1 Å². The van der Waals surface area contributed by atoms with Crippen LogP contribution in [0.25, 0.3) is 0 Å². The van der Waals surface area contributed by atoms with Crippen LogP contribution in [0, 0.1) is 5.92 Å². The van der Waals surface area contributed by atoms with Crippen LogP contribution < -0.4 is 10.1 Å². The number of carboxylic acid groups (broad SMARTS) is 1. The molecule has 1 heterocycles. The molecule has 2 rings (SSSR count). The highest BCUT2D eigenvalue weighted by molar-refractivity contribution is 5.77. The molecular formula is C16H17F5N2O4. The number of halogens is 5. The standard InChI is InChI=1S/C16H17F5N2O4/c17-14(18)27-11-6-2-1-5-10(11)12(16(19,20)21)22-15(26)23-7-3-4-9(8-23)13(24)25/h1-2,5-6,9,12,14H,3-4,7-8H2,(H,22,26)(H,24,25). The van der Waals surface area contributed by atoms with Gasteiger partial charge in [-0.05, 0) is 18.9 Å². The Labute approximate surface area is 150 Å². The smallest absolute Gasteiger partial charge is 0.413 e. The molecule has 0 spiro atoms. The zero-order valence-electron chi connectivity index (χ0n) is 13.9. The molecule has 2 atom stereocenters. The first-order chi connectivity index (χ1) is 12.6. The van der Waals surface area contributed by atoms with Crippen LogP contribution in [-0.2, 0) is 4.79 Å². The largest absolute Gasteiger partial charge is 0.481 e. The summed E-state index contributed by atoms with van der Waals surface area (Å²) in [7, 11) is 0. The number of benzene rings is 1. The summed E-state index contributed by atoms with van der Waals surface area (Å²) >= 11 is 0. The van der Waals surface area contributed by atoms with E-state index in [-0.39, 0.29) is 13.1 Å². The minimum Gasteiger partial charge on any atom is -0.481 e. The van der Waals surface area contributed by atoms with Gasteiger partial charge in [-0.1, -0.05) is 18.2 Å². The number of ether oxygens (including phenoxy) is 1. The van der Waals surface area contributed by atoms with Crippen LogP contribution in [0.4, 0.5) is 26.7 Å². The van der Waals surface area contributed by atoms with Crippen LogP contribution in [0.3, 0.4) is 0 Å². The Bertz CT molecular complexity index is 683. The summed E-state index contributed by atoms with van der Waals surface area (Å²) in [6.45, 7) is -3.48. The zero-order valence-corrected chi connectivity index (χ0v) is 13.9. The summed E-state index contributed by atoms with van der Waals surface area (Å²) in [6.07, 6.45) is -4.35. The number of urea groups is 1.